The van der Waals surface area contributed by atoms with E-state index in [-0.39, 0.29) is 18.2 Å². The van der Waals surface area contributed by atoms with Crippen LogP contribution in [0.15, 0.2) is 41.6 Å². The smallest absolute Gasteiger partial charge is 0.234 e. The normalized spacial score (nSPS) is 11.5. The second kappa shape index (κ2) is 9.96. The number of carbonyl (C=O) groups is 1. The Morgan fingerprint density at radius 2 is 1.64 bits per heavy atom. The van der Waals surface area contributed by atoms with Crippen molar-refractivity contribution < 1.29 is 13.2 Å². The van der Waals surface area contributed by atoms with E-state index in [4.69, 9.17) is 0 Å². The van der Waals surface area contributed by atoms with E-state index in [2.05, 4.69) is 15.5 Å². The monoisotopic (exact) mass is 487 g/mol. The van der Waals surface area contributed by atoms with Crippen LogP contribution in [0.1, 0.15) is 28.1 Å². The minimum Gasteiger partial charge on any atom is -0.325 e. The number of amides is 1. The second-order valence-electron chi connectivity index (χ2n) is 8.17. The Balaban J connectivity index is 1.70. The van der Waals surface area contributed by atoms with Gasteiger partial charge in [-0.3, -0.25) is 9.10 Å². The minimum atomic E-state index is -3.53. The van der Waals surface area contributed by atoms with Gasteiger partial charge in [0.25, 0.3) is 0 Å². The number of rotatable bonds is 8. The summed E-state index contributed by atoms with van der Waals surface area (Å²) in [4.78, 5) is 12.5. The topological polar surface area (TPSA) is 97.2 Å². The van der Waals surface area contributed by atoms with Crippen molar-refractivity contribution in [2.24, 2.45) is 7.05 Å². The van der Waals surface area contributed by atoms with E-state index in [0.29, 0.717) is 16.7 Å². The van der Waals surface area contributed by atoms with E-state index in [1.807, 2.05) is 52.0 Å². The van der Waals surface area contributed by atoms with E-state index in [9.17, 15) is 13.2 Å². The first kappa shape index (κ1) is 24.8. The van der Waals surface area contributed by atoms with Gasteiger partial charge in [-0.25, -0.2) is 8.42 Å². The predicted molar refractivity (Wildman–Crippen MR) is 133 cm³/mol. The third-order valence-electron chi connectivity index (χ3n) is 5.21. The van der Waals surface area contributed by atoms with Crippen molar-refractivity contribution in [1.82, 2.24) is 14.8 Å². The molecule has 1 amide bonds. The molecule has 0 bridgehead atoms. The van der Waals surface area contributed by atoms with Crippen LogP contribution >= 0.6 is 11.8 Å². The highest BCUT2D eigenvalue weighted by Gasteiger charge is 2.22. The lowest BCUT2D eigenvalue weighted by atomic mass is 10.1. The third kappa shape index (κ3) is 6.14. The van der Waals surface area contributed by atoms with Crippen LogP contribution in [-0.4, -0.2) is 41.1 Å². The molecule has 0 spiro atoms. The van der Waals surface area contributed by atoms with Crippen LogP contribution in [0.5, 0.6) is 0 Å². The van der Waals surface area contributed by atoms with Gasteiger partial charge in [-0.05, 0) is 51.0 Å². The summed E-state index contributed by atoms with van der Waals surface area (Å²) in [6, 6.07) is 11.3. The number of sulfonamides is 1. The molecule has 0 fully saturated rings. The molecule has 3 rings (SSSR count). The van der Waals surface area contributed by atoms with Crippen molar-refractivity contribution >= 4 is 39.1 Å². The standard InChI is InChI=1S/C23H29N5O3S2/c1-15-7-9-19(10-8-15)28(33(6,30)31)13-20-25-26-23(27(20)5)32-14-21(29)24-22-17(3)11-16(2)12-18(22)4/h7-12H,13-14H2,1-6H3,(H,24,29). The first-order valence-corrected chi connectivity index (χ1v) is 13.2. The fraction of sp³-hybridized carbons (Fsp3) is 0.348. The zero-order valence-electron chi connectivity index (χ0n) is 19.7. The number of aryl methyl sites for hydroxylation is 4. The van der Waals surface area contributed by atoms with Crippen LogP contribution in [0.2, 0.25) is 0 Å². The Labute approximate surface area is 199 Å². The van der Waals surface area contributed by atoms with Gasteiger partial charge >= 0.3 is 0 Å². The summed E-state index contributed by atoms with van der Waals surface area (Å²) in [5.41, 5.74) is 5.61. The molecule has 1 N–H and O–H groups in total. The number of carbonyl (C=O) groups excluding carboxylic acids is 1. The number of thioether (sulfide) groups is 1. The van der Waals surface area contributed by atoms with Gasteiger partial charge in [0.1, 0.15) is 0 Å². The molecule has 0 radical (unpaired) electrons. The first-order valence-electron chi connectivity index (χ1n) is 10.4. The van der Waals surface area contributed by atoms with Crippen LogP contribution in [0.25, 0.3) is 0 Å². The summed E-state index contributed by atoms with van der Waals surface area (Å²) < 4.78 is 27.8. The van der Waals surface area contributed by atoms with Gasteiger partial charge in [-0.1, -0.05) is 47.2 Å². The SMILES string of the molecule is Cc1ccc(N(Cc2nnc(SCC(=O)Nc3c(C)cc(C)cc3C)n2C)S(C)(=O)=O)cc1. The van der Waals surface area contributed by atoms with Gasteiger partial charge in [0.05, 0.1) is 24.2 Å². The van der Waals surface area contributed by atoms with Crippen LogP contribution < -0.4 is 9.62 Å². The molecule has 2 aromatic carbocycles. The molecule has 0 aliphatic carbocycles. The van der Waals surface area contributed by atoms with Crippen molar-refractivity contribution in [2.75, 3.05) is 21.6 Å². The number of benzene rings is 2. The molecule has 0 atom stereocenters. The molecule has 176 valence electrons. The zero-order chi connectivity index (χ0) is 24.3. The number of nitrogens with one attached hydrogen (secondary N) is 1. The maximum absolute atomic E-state index is 12.5. The lowest BCUT2D eigenvalue weighted by Crippen LogP contribution is -2.30. The van der Waals surface area contributed by atoms with Gasteiger partial charge < -0.3 is 9.88 Å². The zero-order valence-corrected chi connectivity index (χ0v) is 21.3. The Morgan fingerprint density at radius 1 is 1.03 bits per heavy atom. The summed E-state index contributed by atoms with van der Waals surface area (Å²) >= 11 is 1.25. The van der Waals surface area contributed by atoms with Gasteiger partial charge in [0.2, 0.25) is 15.9 Å². The van der Waals surface area contributed by atoms with Gasteiger partial charge in [0, 0.05) is 12.7 Å². The highest BCUT2D eigenvalue weighted by atomic mass is 32.2. The molecule has 0 saturated carbocycles. The number of aromatic nitrogens is 3. The molecule has 0 saturated heterocycles. The largest absolute Gasteiger partial charge is 0.325 e. The quantitative estimate of drug-likeness (QED) is 0.486. The molecule has 1 heterocycles. The van der Waals surface area contributed by atoms with E-state index >= 15 is 0 Å². The number of nitrogens with zero attached hydrogens (tertiary/aromatic N) is 4. The molecule has 1 aromatic heterocycles. The van der Waals surface area contributed by atoms with E-state index < -0.39 is 10.0 Å². The van der Waals surface area contributed by atoms with Gasteiger partial charge in [-0.2, -0.15) is 0 Å². The van der Waals surface area contributed by atoms with Crippen molar-refractivity contribution in [1.29, 1.82) is 0 Å². The maximum Gasteiger partial charge on any atom is 0.234 e. The number of anilines is 2. The minimum absolute atomic E-state index is 0.0416. The van der Waals surface area contributed by atoms with Crippen molar-refractivity contribution in [2.45, 2.75) is 39.4 Å². The summed E-state index contributed by atoms with van der Waals surface area (Å²) in [5, 5.41) is 11.8. The second-order valence-corrected chi connectivity index (χ2v) is 11.0. The van der Waals surface area contributed by atoms with Crippen LogP contribution in [0.4, 0.5) is 11.4 Å². The Kier molecular flexibility index (Phi) is 7.48. The summed E-state index contributed by atoms with van der Waals surface area (Å²) in [7, 11) is -1.76. The summed E-state index contributed by atoms with van der Waals surface area (Å²) in [5.74, 6) is 0.498. The molecule has 0 aliphatic rings. The summed E-state index contributed by atoms with van der Waals surface area (Å²) in [6.07, 6.45) is 1.16. The van der Waals surface area contributed by atoms with E-state index in [1.165, 1.54) is 16.1 Å². The molecule has 8 nitrogen and oxygen atoms in total. The lowest BCUT2D eigenvalue weighted by molar-refractivity contribution is -0.113. The Morgan fingerprint density at radius 3 is 2.21 bits per heavy atom. The maximum atomic E-state index is 12.5. The predicted octanol–water partition coefficient (Wildman–Crippen LogP) is 3.75. The molecular weight excluding hydrogens is 458 g/mol. The first-order chi connectivity index (χ1) is 15.5. The van der Waals surface area contributed by atoms with Crippen LogP contribution in [0, 0.1) is 27.7 Å². The Hall–Kier alpha value is -2.85. The van der Waals surface area contributed by atoms with Crippen LogP contribution in [-0.2, 0) is 28.4 Å². The molecule has 33 heavy (non-hydrogen) atoms. The highest BCUT2D eigenvalue weighted by Crippen LogP contribution is 2.24. The highest BCUT2D eigenvalue weighted by molar-refractivity contribution is 7.99. The fourth-order valence-electron chi connectivity index (χ4n) is 3.53. The molecule has 10 heteroatoms. The lowest BCUT2D eigenvalue weighted by Gasteiger charge is -2.22. The van der Waals surface area contributed by atoms with E-state index in [1.54, 1.807) is 23.7 Å². The summed E-state index contributed by atoms with van der Waals surface area (Å²) in [6.45, 7) is 7.95. The average molecular weight is 488 g/mol. The number of hydrogen-bond donors (Lipinski definition) is 1. The average Bonchev–Trinajstić information content (AvgIpc) is 3.06. The van der Waals surface area contributed by atoms with Gasteiger partial charge in [-0.15, -0.1) is 10.2 Å². The van der Waals surface area contributed by atoms with Crippen LogP contribution in [0.3, 0.4) is 0 Å². The molecule has 0 unspecified atom stereocenters. The fourth-order valence-corrected chi connectivity index (χ4v) is 5.12. The van der Waals surface area contributed by atoms with Crippen molar-refractivity contribution in [3.05, 3.63) is 64.5 Å². The van der Waals surface area contributed by atoms with Gasteiger partial charge in [0.15, 0.2) is 11.0 Å². The van der Waals surface area contributed by atoms with Crippen molar-refractivity contribution in [3.63, 3.8) is 0 Å². The molecule has 0 aliphatic heterocycles. The van der Waals surface area contributed by atoms with E-state index in [0.717, 1.165) is 34.2 Å². The van der Waals surface area contributed by atoms with Crippen molar-refractivity contribution in [3.8, 4) is 0 Å². The molecule has 3 aromatic rings. The Bertz CT molecular complexity index is 1240. The third-order valence-corrected chi connectivity index (χ3v) is 7.37. The number of hydrogen-bond acceptors (Lipinski definition) is 6. The molecular formula is C23H29N5O3S2.